The first kappa shape index (κ1) is 18.5. The molecule has 7 nitrogen and oxygen atoms in total. The van der Waals surface area contributed by atoms with Gasteiger partial charge in [0.05, 0.1) is 0 Å². The number of aliphatic hydroxyl groups excluding tert-OH is 1. The summed E-state index contributed by atoms with van der Waals surface area (Å²) in [6, 6.07) is 10.6. The smallest absolute Gasteiger partial charge is 0.342 e. The van der Waals surface area contributed by atoms with Gasteiger partial charge < -0.3 is 20.1 Å². The van der Waals surface area contributed by atoms with Crippen molar-refractivity contribution in [3.63, 3.8) is 0 Å². The Morgan fingerprint density at radius 2 is 1.96 bits per heavy atom. The lowest BCUT2D eigenvalue weighted by atomic mass is 9.90. The Balaban J connectivity index is 1.47. The first-order valence-corrected chi connectivity index (χ1v) is 9.14. The Labute approximate surface area is 153 Å². The highest BCUT2D eigenvalue weighted by molar-refractivity contribution is 5.19. The van der Waals surface area contributed by atoms with E-state index < -0.39 is 11.0 Å². The first-order valence-electron chi connectivity index (χ1n) is 9.14. The number of hydrogen-bond donors (Lipinski definition) is 1. The summed E-state index contributed by atoms with van der Waals surface area (Å²) in [5, 5.41) is 21.4. The normalized spacial score (nSPS) is 17.3. The van der Waals surface area contributed by atoms with Crippen molar-refractivity contribution in [1.82, 2.24) is 14.5 Å². The largest absolute Gasteiger partial charge is 0.388 e. The molecule has 0 aliphatic carbocycles. The number of imidazole rings is 1. The lowest BCUT2D eigenvalue weighted by Crippen LogP contribution is -2.40. The number of hydrogen-bond acceptors (Lipinski definition) is 5. The number of benzene rings is 1. The first-order chi connectivity index (χ1) is 12.5. The van der Waals surface area contributed by atoms with Gasteiger partial charge in [-0.1, -0.05) is 30.3 Å². The molecule has 3 rings (SSSR count). The Morgan fingerprint density at radius 1 is 1.27 bits per heavy atom. The number of piperidine rings is 1. The summed E-state index contributed by atoms with van der Waals surface area (Å²) in [5.41, 5.74) is 1.38. The van der Waals surface area contributed by atoms with Gasteiger partial charge in [0.2, 0.25) is 0 Å². The number of aliphatic hydroxyl groups is 1. The van der Waals surface area contributed by atoms with Crippen LogP contribution in [0.3, 0.4) is 0 Å². The van der Waals surface area contributed by atoms with Crippen molar-refractivity contribution in [2.45, 2.75) is 38.8 Å². The molecule has 2 heterocycles. The molecule has 0 spiro atoms. The van der Waals surface area contributed by atoms with Crippen LogP contribution in [0, 0.1) is 23.0 Å². The summed E-state index contributed by atoms with van der Waals surface area (Å²) in [4.78, 5) is 16.8. The molecule has 26 heavy (non-hydrogen) atoms. The zero-order valence-electron chi connectivity index (χ0n) is 15.1. The summed E-state index contributed by atoms with van der Waals surface area (Å²) < 4.78 is 1.48. The van der Waals surface area contributed by atoms with Gasteiger partial charge in [0.25, 0.3) is 0 Å². The minimum Gasteiger partial charge on any atom is -0.388 e. The molecule has 2 aromatic rings. The van der Waals surface area contributed by atoms with Crippen LogP contribution in [0.15, 0.2) is 36.5 Å². The average molecular weight is 358 g/mol. The standard InChI is InChI=1S/C19H26N4O3/c1-15-20-12-19(23(25)26)22(15)14-18(24)13-21-9-7-17(8-10-21)11-16-5-3-2-4-6-16/h2-6,12,17-18,24H,7-11,13-14H2,1H3. The predicted octanol–water partition coefficient (Wildman–Crippen LogP) is 2.42. The SMILES string of the molecule is Cc1ncc([N+](=O)[O-])n1CC(O)CN1CCC(Cc2ccccc2)CC1. The van der Waals surface area contributed by atoms with Crippen LogP contribution in [0.2, 0.25) is 0 Å². The molecule has 0 bridgehead atoms. The molecule has 1 aromatic heterocycles. The second-order valence-electron chi connectivity index (χ2n) is 7.12. The van der Waals surface area contributed by atoms with E-state index >= 15 is 0 Å². The van der Waals surface area contributed by atoms with E-state index in [4.69, 9.17) is 0 Å². The van der Waals surface area contributed by atoms with Crippen LogP contribution < -0.4 is 0 Å². The van der Waals surface area contributed by atoms with E-state index in [2.05, 4.69) is 34.1 Å². The number of nitrogens with zero attached hydrogens (tertiary/aromatic N) is 4. The van der Waals surface area contributed by atoms with Gasteiger partial charge in [0.15, 0.2) is 5.82 Å². The van der Waals surface area contributed by atoms with Gasteiger partial charge in [-0.05, 0) is 48.8 Å². The molecule has 1 aromatic carbocycles. The molecule has 0 saturated carbocycles. The molecule has 1 fully saturated rings. The van der Waals surface area contributed by atoms with E-state index in [9.17, 15) is 15.2 Å². The number of likely N-dealkylation sites (tertiary alicyclic amines) is 1. The fraction of sp³-hybridized carbons (Fsp3) is 0.526. The highest BCUT2D eigenvalue weighted by atomic mass is 16.6. The van der Waals surface area contributed by atoms with Gasteiger partial charge in [-0.15, -0.1) is 0 Å². The Kier molecular flexibility index (Phi) is 6.00. The van der Waals surface area contributed by atoms with Gasteiger partial charge in [0, 0.05) is 13.5 Å². The predicted molar refractivity (Wildman–Crippen MR) is 98.9 cm³/mol. The van der Waals surface area contributed by atoms with Crippen LogP contribution in [0.25, 0.3) is 0 Å². The van der Waals surface area contributed by atoms with Gasteiger partial charge in [0.1, 0.15) is 18.8 Å². The van der Waals surface area contributed by atoms with E-state index in [0.717, 1.165) is 32.4 Å². The highest BCUT2D eigenvalue weighted by Crippen LogP contribution is 2.22. The molecule has 1 aliphatic heterocycles. The molecular weight excluding hydrogens is 332 g/mol. The fourth-order valence-corrected chi connectivity index (χ4v) is 3.71. The van der Waals surface area contributed by atoms with Crippen LogP contribution in [0.1, 0.15) is 24.2 Å². The molecule has 0 amide bonds. The molecule has 1 atom stereocenters. The van der Waals surface area contributed by atoms with Crippen LogP contribution in [-0.2, 0) is 13.0 Å². The van der Waals surface area contributed by atoms with Crippen molar-refractivity contribution in [2.24, 2.45) is 5.92 Å². The van der Waals surface area contributed by atoms with Crippen molar-refractivity contribution in [2.75, 3.05) is 19.6 Å². The number of rotatable bonds is 7. The summed E-state index contributed by atoms with van der Waals surface area (Å²) in [5.74, 6) is 1.17. The van der Waals surface area contributed by atoms with Crippen LogP contribution >= 0.6 is 0 Å². The van der Waals surface area contributed by atoms with Crippen molar-refractivity contribution in [3.05, 3.63) is 58.0 Å². The van der Waals surface area contributed by atoms with Crippen LogP contribution in [0.4, 0.5) is 5.82 Å². The lowest BCUT2D eigenvalue weighted by molar-refractivity contribution is -0.392. The van der Waals surface area contributed by atoms with Gasteiger partial charge in [-0.3, -0.25) is 0 Å². The Hall–Kier alpha value is -2.25. The van der Waals surface area contributed by atoms with E-state index in [0.29, 0.717) is 18.3 Å². The number of aryl methyl sites for hydroxylation is 1. The van der Waals surface area contributed by atoms with Gasteiger partial charge in [-0.25, -0.2) is 9.55 Å². The van der Waals surface area contributed by atoms with E-state index in [1.807, 2.05) is 6.07 Å². The number of aromatic nitrogens is 2. The third kappa shape index (κ3) is 4.68. The second kappa shape index (κ2) is 8.42. The molecule has 140 valence electrons. The maximum absolute atomic E-state index is 11.0. The molecular formula is C19H26N4O3. The zero-order valence-corrected chi connectivity index (χ0v) is 15.1. The lowest BCUT2D eigenvalue weighted by Gasteiger charge is -2.33. The maximum atomic E-state index is 11.0. The fourth-order valence-electron chi connectivity index (χ4n) is 3.71. The van der Waals surface area contributed by atoms with Crippen LogP contribution in [0.5, 0.6) is 0 Å². The minimum atomic E-state index is -0.646. The molecule has 1 aliphatic rings. The van der Waals surface area contributed by atoms with E-state index in [1.54, 1.807) is 6.92 Å². The number of nitro groups is 1. The van der Waals surface area contributed by atoms with Crippen LogP contribution in [-0.4, -0.2) is 50.2 Å². The quantitative estimate of drug-likeness (QED) is 0.607. The van der Waals surface area contributed by atoms with Crippen molar-refractivity contribution < 1.29 is 10.0 Å². The van der Waals surface area contributed by atoms with Crippen molar-refractivity contribution in [3.8, 4) is 0 Å². The zero-order chi connectivity index (χ0) is 18.5. The maximum Gasteiger partial charge on any atom is 0.342 e. The molecule has 1 N–H and O–H groups in total. The number of β-amino-alcohol motifs (C(OH)–C–C–N with tert-alkyl or cyclic N) is 1. The van der Waals surface area contributed by atoms with Crippen molar-refractivity contribution in [1.29, 1.82) is 0 Å². The molecule has 1 saturated heterocycles. The van der Waals surface area contributed by atoms with Crippen molar-refractivity contribution >= 4 is 5.82 Å². The average Bonchev–Trinajstić information content (AvgIpc) is 2.98. The molecule has 0 radical (unpaired) electrons. The van der Waals surface area contributed by atoms with E-state index in [-0.39, 0.29) is 12.4 Å². The van der Waals surface area contributed by atoms with Gasteiger partial charge in [-0.2, -0.15) is 0 Å². The summed E-state index contributed by atoms with van der Waals surface area (Å²) in [6.07, 6.45) is 3.94. The summed E-state index contributed by atoms with van der Waals surface area (Å²) in [7, 11) is 0. The minimum absolute atomic E-state index is 0.0666. The van der Waals surface area contributed by atoms with Gasteiger partial charge >= 0.3 is 5.82 Å². The molecule has 7 heteroatoms. The summed E-state index contributed by atoms with van der Waals surface area (Å²) in [6.45, 7) is 4.37. The molecule has 1 unspecified atom stereocenters. The third-order valence-corrected chi connectivity index (χ3v) is 5.16. The third-order valence-electron chi connectivity index (χ3n) is 5.16. The summed E-state index contributed by atoms with van der Waals surface area (Å²) >= 11 is 0. The van der Waals surface area contributed by atoms with E-state index in [1.165, 1.54) is 16.3 Å². The monoisotopic (exact) mass is 358 g/mol. The second-order valence-corrected chi connectivity index (χ2v) is 7.12. The highest BCUT2D eigenvalue weighted by Gasteiger charge is 2.24. The Bertz CT molecular complexity index is 724. The topological polar surface area (TPSA) is 84.4 Å². The Morgan fingerprint density at radius 3 is 2.62 bits per heavy atom.